The molecule has 1 atom stereocenters. The van der Waals surface area contributed by atoms with Crippen LogP contribution in [0.2, 0.25) is 0 Å². The quantitative estimate of drug-likeness (QED) is 0.883. The van der Waals surface area contributed by atoms with Crippen molar-refractivity contribution in [2.75, 3.05) is 0 Å². The molecule has 21 heavy (non-hydrogen) atoms. The van der Waals surface area contributed by atoms with E-state index in [4.69, 9.17) is 0 Å². The number of nitrogens with zero attached hydrogens (tertiary/aromatic N) is 2. The van der Waals surface area contributed by atoms with Gasteiger partial charge >= 0.3 is 5.97 Å². The minimum atomic E-state index is -0.895. The van der Waals surface area contributed by atoms with Gasteiger partial charge in [0, 0.05) is 12.0 Å². The van der Waals surface area contributed by atoms with Crippen molar-refractivity contribution in [2.24, 2.45) is 5.92 Å². The molecule has 4 nitrogen and oxygen atoms in total. The number of benzene rings is 1. The summed E-state index contributed by atoms with van der Waals surface area (Å²) in [7, 11) is 0. The zero-order valence-corrected chi connectivity index (χ0v) is 13.4. The van der Waals surface area contributed by atoms with E-state index in [1.54, 1.807) is 12.1 Å². The average molecular weight is 288 g/mol. The first-order chi connectivity index (χ1) is 9.82. The van der Waals surface area contributed by atoms with Crippen LogP contribution in [0.1, 0.15) is 69.2 Å². The molecule has 0 aliphatic carbocycles. The first kappa shape index (κ1) is 15.5. The van der Waals surface area contributed by atoms with Gasteiger partial charge in [-0.25, -0.2) is 9.78 Å². The molecule has 0 amide bonds. The summed E-state index contributed by atoms with van der Waals surface area (Å²) >= 11 is 0. The Balaban J connectivity index is 2.74. The van der Waals surface area contributed by atoms with Crippen LogP contribution in [0.4, 0.5) is 0 Å². The van der Waals surface area contributed by atoms with Gasteiger partial charge in [-0.3, -0.25) is 0 Å². The van der Waals surface area contributed by atoms with Gasteiger partial charge in [-0.1, -0.05) is 33.8 Å². The monoisotopic (exact) mass is 288 g/mol. The second-order valence-electron chi connectivity index (χ2n) is 6.45. The van der Waals surface area contributed by atoms with Gasteiger partial charge < -0.3 is 9.67 Å². The lowest BCUT2D eigenvalue weighted by Gasteiger charge is -2.21. The summed E-state index contributed by atoms with van der Waals surface area (Å²) in [6.45, 7) is 10.7. The van der Waals surface area contributed by atoms with Gasteiger partial charge in [0.2, 0.25) is 0 Å². The van der Waals surface area contributed by atoms with Crippen molar-refractivity contribution in [2.45, 2.75) is 53.0 Å². The van der Waals surface area contributed by atoms with Gasteiger partial charge in [0.25, 0.3) is 0 Å². The Morgan fingerprint density at radius 1 is 1.24 bits per heavy atom. The lowest BCUT2D eigenvalue weighted by Crippen LogP contribution is -2.14. The van der Waals surface area contributed by atoms with E-state index in [-0.39, 0.29) is 12.0 Å². The van der Waals surface area contributed by atoms with Crippen molar-refractivity contribution in [1.82, 2.24) is 9.55 Å². The molecule has 1 N–H and O–H groups in total. The maximum atomic E-state index is 11.5. The van der Waals surface area contributed by atoms with E-state index in [0.29, 0.717) is 11.5 Å². The molecule has 4 heteroatoms. The van der Waals surface area contributed by atoms with E-state index in [1.807, 2.05) is 6.07 Å². The van der Waals surface area contributed by atoms with Crippen molar-refractivity contribution >= 4 is 17.0 Å². The topological polar surface area (TPSA) is 55.1 Å². The van der Waals surface area contributed by atoms with Crippen LogP contribution in [0.5, 0.6) is 0 Å². The van der Waals surface area contributed by atoms with Crippen molar-refractivity contribution in [1.29, 1.82) is 0 Å². The lowest BCUT2D eigenvalue weighted by atomic mass is 10.0. The molecule has 0 bridgehead atoms. The zero-order chi connectivity index (χ0) is 15.7. The van der Waals surface area contributed by atoms with Gasteiger partial charge in [-0.2, -0.15) is 0 Å². The van der Waals surface area contributed by atoms with E-state index in [9.17, 15) is 9.90 Å². The minimum absolute atomic E-state index is 0.230. The van der Waals surface area contributed by atoms with E-state index >= 15 is 0 Å². The van der Waals surface area contributed by atoms with Gasteiger partial charge in [0.05, 0.1) is 16.6 Å². The highest BCUT2D eigenvalue weighted by molar-refractivity contribution is 6.01. The number of rotatable bonds is 5. The molecule has 0 aliphatic heterocycles. The maximum absolute atomic E-state index is 11.5. The van der Waals surface area contributed by atoms with Crippen LogP contribution < -0.4 is 0 Å². The zero-order valence-electron chi connectivity index (χ0n) is 13.4. The molecular formula is C17H24N2O2. The Hall–Kier alpha value is -1.84. The number of hydrogen-bond donors (Lipinski definition) is 1. The summed E-state index contributed by atoms with van der Waals surface area (Å²) in [5.74, 6) is 0.878. The van der Waals surface area contributed by atoms with Crippen LogP contribution in [0.25, 0.3) is 11.0 Å². The van der Waals surface area contributed by atoms with E-state index < -0.39 is 5.97 Å². The van der Waals surface area contributed by atoms with Crippen molar-refractivity contribution in [3.8, 4) is 0 Å². The molecule has 1 aromatic heterocycles. The molecule has 0 aliphatic rings. The van der Waals surface area contributed by atoms with E-state index in [2.05, 4.69) is 44.2 Å². The Morgan fingerprint density at radius 3 is 2.43 bits per heavy atom. The number of aromatic carboxylic acids is 1. The van der Waals surface area contributed by atoms with Gasteiger partial charge in [0.15, 0.2) is 0 Å². The molecule has 2 aromatic rings. The lowest BCUT2D eigenvalue weighted by molar-refractivity contribution is 0.0698. The number of imidazole rings is 1. The normalized spacial score (nSPS) is 13.3. The molecule has 2 rings (SSSR count). The molecule has 0 spiro atoms. The number of carbonyl (C=O) groups is 1. The van der Waals surface area contributed by atoms with Crippen molar-refractivity contribution in [3.05, 3.63) is 29.6 Å². The van der Waals surface area contributed by atoms with Crippen LogP contribution in [-0.2, 0) is 0 Å². The second kappa shape index (κ2) is 5.88. The number of para-hydroxylation sites is 1. The number of aromatic nitrogens is 2. The smallest absolute Gasteiger partial charge is 0.337 e. The largest absolute Gasteiger partial charge is 0.478 e. The third-order valence-corrected chi connectivity index (χ3v) is 3.74. The Kier molecular flexibility index (Phi) is 4.35. The Bertz CT molecular complexity index is 656. The fraction of sp³-hybridized carbons (Fsp3) is 0.529. The first-order valence-corrected chi connectivity index (χ1v) is 7.57. The Labute approximate surface area is 125 Å². The highest BCUT2D eigenvalue weighted by Crippen LogP contribution is 2.31. The van der Waals surface area contributed by atoms with Gasteiger partial charge in [0.1, 0.15) is 5.82 Å². The molecule has 1 unspecified atom stereocenters. The summed E-state index contributed by atoms with van der Waals surface area (Å²) in [5, 5.41) is 9.48. The molecule has 0 fully saturated rings. The molecule has 1 aromatic carbocycles. The predicted octanol–water partition coefficient (Wildman–Crippen LogP) is 4.47. The van der Waals surface area contributed by atoms with Crippen LogP contribution in [0.15, 0.2) is 18.2 Å². The number of carboxylic acids is 1. The summed E-state index contributed by atoms with van der Waals surface area (Å²) in [6.07, 6.45) is 0.999. The van der Waals surface area contributed by atoms with Crippen molar-refractivity contribution < 1.29 is 9.90 Å². The summed E-state index contributed by atoms with van der Waals surface area (Å²) < 4.78 is 2.13. The summed E-state index contributed by atoms with van der Waals surface area (Å²) in [5.41, 5.74) is 1.86. The molecule has 0 saturated heterocycles. The second-order valence-corrected chi connectivity index (χ2v) is 6.45. The van der Waals surface area contributed by atoms with Crippen LogP contribution in [0.3, 0.4) is 0 Å². The molecule has 1 heterocycles. The highest BCUT2D eigenvalue weighted by atomic mass is 16.4. The minimum Gasteiger partial charge on any atom is -0.478 e. The number of carboxylic acid groups (broad SMARTS) is 1. The standard InChI is InChI=1S/C17H24N2O2/c1-10(2)9-12(5)19-15-13(17(20)21)7-6-8-14(15)18-16(19)11(3)4/h6-8,10-12H,9H2,1-5H3,(H,20,21). The van der Waals surface area contributed by atoms with Gasteiger partial charge in [-0.15, -0.1) is 0 Å². The van der Waals surface area contributed by atoms with Crippen LogP contribution in [-0.4, -0.2) is 20.6 Å². The summed E-state index contributed by atoms with van der Waals surface area (Å²) in [4.78, 5) is 16.2. The molecular weight excluding hydrogens is 264 g/mol. The Morgan fingerprint density at radius 2 is 1.90 bits per heavy atom. The molecule has 0 saturated carbocycles. The SMILES string of the molecule is CC(C)CC(C)n1c(C(C)C)nc2cccc(C(=O)O)c21. The fourth-order valence-electron chi connectivity index (χ4n) is 2.98. The highest BCUT2D eigenvalue weighted by Gasteiger charge is 2.22. The third-order valence-electron chi connectivity index (χ3n) is 3.74. The predicted molar refractivity (Wildman–Crippen MR) is 84.9 cm³/mol. The average Bonchev–Trinajstić information content (AvgIpc) is 2.76. The van der Waals surface area contributed by atoms with E-state index in [0.717, 1.165) is 23.3 Å². The molecule has 114 valence electrons. The fourth-order valence-corrected chi connectivity index (χ4v) is 2.98. The maximum Gasteiger partial charge on any atom is 0.337 e. The van der Waals surface area contributed by atoms with Crippen LogP contribution >= 0.6 is 0 Å². The van der Waals surface area contributed by atoms with E-state index in [1.165, 1.54) is 0 Å². The van der Waals surface area contributed by atoms with Crippen molar-refractivity contribution in [3.63, 3.8) is 0 Å². The number of hydrogen-bond acceptors (Lipinski definition) is 2. The third kappa shape index (κ3) is 2.94. The summed E-state index contributed by atoms with van der Waals surface area (Å²) in [6, 6.07) is 5.55. The molecule has 0 radical (unpaired) electrons. The van der Waals surface area contributed by atoms with Gasteiger partial charge in [-0.05, 0) is 31.4 Å². The first-order valence-electron chi connectivity index (χ1n) is 7.57. The number of fused-ring (bicyclic) bond motifs is 1. The van der Waals surface area contributed by atoms with Crippen LogP contribution in [0, 0.1) is 5.92 Å².